The van der Waals surface area contributed by atoms with Gasteiger partial charge in [0.05, 0.1) is 11.0 Å². The lowest BCUT2D eigenvalue weighted by Crippen LogP contribution is -2.28. The van der Waals surface area contributed by atoms with E-state index in [1.165, 1.54) is 0 Å². The van der Waals surface area contributed by atoms with Gasteiger partial charge in [-0.2, -0.15) is 0 Å². The van der Waals surface area contributed by atoms with E-state index in [2.05, 4.69) is 15.6 Å². The highest BCUT2D eigenvalue weighted by Gasteiger charge is 2.13. The molecule has 124 valence electrons. The van der Waals surface area contributed by atoms with Gasteiger partial charge in [0.25, 0.3) is 0 Å². The number of nitrogens with one attached hydrogen (secondary N) is 2. The number of rotatable bonds is 8. The molecular weight excluding hydrogens is 292 g/mol. The Kier molecular flexibility index (Phi) is 6.14. The van der Waals surface area contributed by atoms with Crippen molar-refractivity contribution in [1.82, 2.24) is 20.2 Å². The van der Waals surface area contributed by atoms with Gasteiger partial charge in [-0.1, -0.05) is 19.1 Å². The molecule has 0 saturated heterocycles. The predicted octanol–water partition coefficient (Wildman–Crippen LogP) is 1.63. The average molecular weight is 316 g/mol. The quantitative estimate of drug-likeness (QED) is 0.727. The first-order valence-electron chi connectivity index (χ1n) is 8.13. The minimum absolute atomic E-state index is 0.0174. The summed E-state index contributed by atoms with van der Waals surface area (Å²) in [5.74, 6) is 0.917. The van der Waals surface area contributed by atoms with Gasteiger partial charge >= 0.3 is 0 Å². The Morgan fingerprint density at radius 3 is 2.65 bits per heavy atom. The maximum absolute atomic E-state index is 11.9. The molecule has 23 heavy (non-hydrogen) atoms. The highest BCUT2D eigenvalue weighted by molar-refractivity contribution is 5.81. The van der Waals surface area contributed by atoms with Crippen molar-refractivity contribution in [3.63, 3.8) is 0 Å². The van der Waals surface area contributed by atoms with Gasteiger partial charge in [0.2, 0.25) is 11.8 Å². The molecule has 1 aromatic carbocycles. The molecule has 0 aliphatic carbocycles. The van der Waals surface area contributed by atoms with Gasteiger partial charge < -0.3 is 15.2 Å². The number of fused-ring (bicyclic) bond motifs is 1. The highest BCUT2D eigenvalue weighted by atomic mass is 16.2. The van der Waals surface area contributed by atoms with Gasteiger partial charge in [0.1, 0.15) is 12.4 Å². The summed E-state index contributed by atoms with van der Waals surface area (Å²) in [6.07, 6.45) is 2.01. The Morgan fingerprint density at radius 1 is 1.13 bits per heavy atom. The van der Waals surface area contributed by atoms with Crippen molar-refractivity contribution in [2.45, 2.75) is 39.7 Å². The minimum atomic E-state index is -0.0174. The van der Waals surface area contributed by atoms with Crippen molar-refractivity contribution in [3.05, 3.63) is 30.1 Å². The summed E-state index contributed by atoms with van der Waals surface area (Å²) in [6.45, 7) is 5.24. The molecule has 0 aliphatic heterocycles. The van der Waals surface area contributed by atoms with Crippen molar-refractivity contribution in [3.8, 4) is 0 Å². The summed E-state index contributed by atoms with van der Waals surface area (Å²) in [7, 11) is 0. The van der Waals surface area contributed by atoms with Crippen LogP contribution in [0.5, 0.6) is 0 Å². The fourth-order valence-corrected chi connectivity index (χ4v) is 2.49. The van der Waals surface area contributed by atoms with Crippen LogP contribution in [-0.2, 0) is 22.6 Å². The van der Waals surface area contributed by atoms with Crippen LogP contribution in [0.15, 0.2) is 24.3 Å². The lowest BCUT2D eigenvalue weighted by atomic mass is 10.3. The van der Waals surface area contributed by atoms with Crippen molar-refractivity contribution < 1.29 is 9.59 Å². The first-order valence-corrected chi connectivity index (χ1v) is 8.13. The van der Waals surface area contributed by atoms with Crippen LogP contribution in [0, 0.1) is 0 Å². The second-order valence-corrected chi connectivity index (χ2v) is 5.36. The van der Waals surface area contributed by atoms with Crippen LogP contribution < -0.4 is 10.6 Å². The molecule has 2 N–H and O–H groups in total. The number of nitrogens with zero attached hydrogens (tertiary/aromatic N) is 2. The molecule has 1 heterocycles. The molecule has 0 spiro atoms. The third kappa shape index (κ3) is 4.55. The lowest BCUT2D eigenvalue weighted by molar-refractivity contribution is -0.122. The van der Waals surface area contributed by atoms with Crippen LogP contribution in [0.1, 0.15) is 32.5 Å². The minimum Gasteiger partial charge on any atom is -0.356 e. The van der Waals surface area contributed by atoms with E-state index in [9.17, 15) is 9.59 Å². The number of likely N-dealkylation sites (N-methyl/N-ethyl adjacent to an activating group) is 1. The van der Waals surface area contributed by atoms with Gasteiger partial charge in [0.15, 0.2) is 0 Å². The number of aryl methyl sites for hydroxylation is 1. The van der Waals surface area contributed by atoms with Crippen molar-refractivity contribution in [1.29, 1.82) is 0 Å². The third-order valence-corrected chi connectivity index (χ3v) is 3.63. The van der Waals surface area contributed by atoms with E-state index in [0.717, 1.165) is 29.7 Å². The molecule has 2 rings (SSSR count). The zero-order valence-electron chi connectivity index (χ0n) is 13.8. The Balaban J connectivity index is 2.10. The fraction of sp³-hybridized carbons (Fsp3) is 0.471. The summed E-state index contributed by atoms with van der Waals surface area (Å²) in [5.41, 5.74) is 1.86. The van der Waals surface area contributed by atoms with Crippen LogP contribution in [0.3, 0.4) is 0 Å². The number of para-hydroxylation sites is 2. The number of imidazole rings is 1. The molecule has 2 aromatic rings. The van der Waals surface area contributed by atoms with Crippen molar-refractivity contribution >= 4 is 22.8 Å². The molecule has 0 radical (unpaired) electrons. The normalized spacial score (nSPS) is 10.7. The summed E-state index contributed by atoms with van der Waals surface area (Å²) >= 11 is 0. The van der Waals surface area contributed by atoms with E-state index >= 15 is 0 Å². The Labute approximate surface area is 136 Å². The fourth-order valence-electron chi connectivity index (χ4n) is 2.49. The van der Waals surface area contributed by atoms with Crippen LogP contribution >= 0.6 is 0 Å². The molecule has 6 heteroatoms. The number of aromatic nitrogens is 2. The SMILES string of the molecule is CCNC(=O)Cn1c(CCCNC(=O)CC)nc2ccccc21. The van der Waals surface area contributed by atoms with Gasteiger partial charge in [-0.25, -0.2) is 4.98 Å². The lowest BCUT2D eigenvalue weighted by Gasteiger charge is -2.09. The number of hydrogen-bond donors (Lipinski definition) is 2. The smallest absolute Gasteiger partial charge is 0.239 e. The van der Waals surface area contributed by atoms with Gasteiger partial charge in [-0.15, -0.1) is 0 Å². The van der Waals surface area contributed by atoms with Crippen LogP contribution in [0.25, 0.3) is 11.0 Å². The van der Waals surface area contributed by atoms with Crippen LogP contribution in [-0.4, -0.2) is 34.5 Å². The number of carbonyl (C=O) groups is 2. The molecule has 0 fully saturated rings. The Bertz CT molecular complexity index is 678. The van der Waals surface area contributed by atoms with Gasteiger partial charge in [-0.3, -0.25) is 9.59 Å². The standard InChI is InChI=1S/C17H24N4O2/c1-3-16(22)19-11-7-10-15-20-13-8-5-6-9-14(13)21(15)12-17(23)18-4-2/h5-6,8-9H,3-4,7,10-12H2,1-2H3,(H,18,23)(H,19,22). The molecule has 6 nitrogen and oxygen atoms in total. The van der Waals surface area contributed by atoms with E-state index in [4.69, 9.17) is 0 Å². The first-order chi connectivity index (χ1) is 11.2. The number of amides is 2. The second kappa shape index (κ2) is 8.31. The molecular formula is C17H24N4O2. The largest absolute Gasteiger partial charge is 0.356 e. The molecule has 0 aliphatic rings. The predicted molar refractivity (Wildman–Crippen MR) is 90.0 cm³/mol. The summed E-state index contributed by atoms with van der Waals surface area (Å²) in [6, 6.07) is 7.82. The molecule has 2 amide bonds. The molecule has 0 saturated carbocycles. The molecule has 0 bridgehead atoms. The van der Waals surface area contributed by atoms with Crippen molar-refractivity contribution in [2.75, 3.05) is 13.1 Å². The maximum atomic E-state index is 11.9. The monoisotopic (exact) mass is 316 g/mol. The number of hydrogen-bond acceptors (Lipinski definition) is 3. The van der Waals surface area contributed by atoms with Crippen molar-refractivity contribution in [2.24, 2.45) is 0 Å². The van der Waals surface area contributed by atoms with E-state index in [1.807, 2.05) is 42.7 Å². The highest BCUT2D eigenvalue weighted by Crippen LogP contribution is 2.17. The van der Waals surface area contributed by atoms with E-state index in [0.29, 0.717) is 19.5 Å². The summed E-state index contributed by atoms with van der Waals surface area (Å²) in [4.78, 5) is 27.8. The molecule has 1 aromatic heterocycles. The van der Waals surface area contributed by atoms with E-state index in [1.54, 1.807) is 0 Å². The molecule has 0 unspecified atom stereocenters. The van der Waals surface area contributed by atoms with Crippen LogP contribution in [0.2, 0.25) is 0 Å². The van der Waals surface area contributed by atoms with Gasteiger partial charge in [0, 0.05) is 25.9 Å². The maximum Gasteiger partial charge on any atom is 0.239 e. The van der Waals surface area contributed by atoms with E-state index < -0.39 is 0 Å². The zero-order valence-corrected chi connectivity index (χ0v) is 13.8. The molecule has 0 atom stereocenters. The average Bonchev–Trinajstić information content (AvgIpc) is 2.89. The second-order valence-electron chi connectivity index (χ2n) is 5.36. The van der Waals surface area contributed by atoms with E-state index in [-0.39, 0.29) is 18.4 Å². The Hall–Kier alpha value is -2.37. The summed E-state index contributed by atoms with van der Waals surface area (Å²) in [5, 5.41) is 5.68. The number of benzene rings is 1. The zero-order chi connectivity index (χ0) is 16.7. The topological polar surface area (TPSA) is 76.0 Å². The summed E-state index contributed by atoms with van der Waals surface area (Å²) < 4.78 is 1.96. The first kappa shape index (κ1) is 17.0. The number of carbonyl (C=O) groups excluding carboxylic acids is 2. The third-order valence-electron chi connectivity index (χ3n) is 3.63. The van der Waals surface area contributed by atoms with Crippen LogP contribution in [0.4, 0.5) is 0 Å². The van der Waals surface area contributed by atoms with Gasteiger partial charge in [-0.05, 0) is 25.5 Å². The Morgan fingerprint density at radius 2 is 1.91 bits per heavy atom.